The molecule has 0 spiro atoms. The molecule has 3 nitrogen and oxygen atoms in total. The van der Waals surface area contributed by atoms with Crippen molar-refractivity contribution in [1.29, 1.82) is 5.26 Å². The molecular formula is C9H7N3. The molecule has 12 heavy (non-hydrogen) atoms. The lowest BCUT2D eigenvalue weighted by Crippen LogP contribution is -1.88. The van der Waals surface area contributed by atoms with Gasteiger partial charge in [-0.3, -0.25) is 0 Å². The number of benzene rings is 1. The molecule has 0 bridgehead atoms. The molecule has 1 heterocycles. The summed E-state index contributed by atoms with van der Waals surface area (Å²) in [7, 11) is 0. The SMILES string of the molecule is Cc1nn(C#N)c2ccccc12. The van der Waals surface area contributed by atoms with E-state index in [1.54, 1.807) is 0 Å². The van der Waals surface area contributed by atoms with Gasteiger partial charge in [0.15, 0.2) is 0 Å². The van der Waals surface area contributed by atoms with Crippen LogP contribution in [0.15, 0.2) is 24.3 Å². The zero-order chi connectivity index (χ0) is 8.55. The highest BCUT2D eigenvalue weighted by Crippen LogP contribution is 2.15. The van der Waals surface area contributed by atoms with Gasteiger partial charge in [-0.1, -0.05) is 18.2 Å². The van der Waals surface area contributed by atoms with Crippen LogP contribution in [0.3, 0.4) is 0 Å². The molecule has 3 heteroatoms. The van der Waals surface area contributed by atoms with Gasteiger partial charge in [-0.05, 0) is 13.0 Å². The number of rotatable bonds is 0. The first kappa shape index (κ1) is 6.86. The van der Waals surface area contributed by atoms with Crippen molar-refractivity contribution in [2.75, 3.05) is 0 Å². The van der Waals surface area contributed by atoms with E-state index < -0.39 is 0 Å². The Labute approximate surface area is 69.8 Å². The van der Waals surface area contributed by atoms with Crippen LogP contribution in [0.2, 0.25) is 0 Å². The van der Waals surface area contributed by atoms with Gasteiger partial charge >= 0.3 is 0 Å². The first-order valence-electron chi connectivity index (χ1n) is 3.67. The molecule has 1 aromatic carbocycles. The van der Waals surface area contributed by atoms with Crippen molar-refractivity contribution in [2.24, 2.45) is 0 Å². The van der Waals surface area contributed by atoms with Crippen LogP contribution in [0.1, 0.15) is 5.69 Å². The number of nitrogens with zero attached hydrogens (tertiary/aromatic N) is 3. The summed E-state index contributed by atoms with van der Waals surface area (Å²) < 4.78 is 1.34. The Balaban J connectivity index is 2.94. The Bertz CT molecular complexity index is 462. The maximum atomic E-state index is 8.70. The van der Waals surface area contributed by atoms with Crippen LogP contribution >= 0.6 is 0 Å². The molecule has 0 atom stereocenters. The molecule has 58 valence electrons. The van der Waals surface area contributed by atoms with Gasteiger partial charge in [-0.25, -0.2) is 0 Å². The van der Waals surface area contributed by atoms with Crippen molar-refractivity contribution in [3.63, 3.8) is 0 Å². The molecule has 1 aromatic heterocycles. The predicted octanol–water partition coefficient (Wildman–Crippen LogP) is 1.67. The fourth-order valence-electron chi connectivity index (χ4n) is 1.30. The smallest absolute Gasteiger partial charge is 0.170 e. The molecule has 0 saturated heterocycles. The number of fused-ring (bicyclic) bond motifs is 1. The predicted molar refractivity (Wildman–Crippen MR) is 45.5 cm³/mol. The Morgan fingerprint density at radius 2 is 2.17 bits per heavy atom. The van der Waals surface area contributed by atoms with E-state index in [-0.39, 0.29) is 0 Å². The minimum atomic E-state index is 0.873. The molecule has 0 amide bonds. The first-order valence-corrected chi connectivity index (χ1v) is 3.67. The normalized spacial score (nSPS) is 10.0. The van der Waals surface area contributed by atoms with Gasteiger partial charge in [-0.15, -0.1) is 0 Å². The van der Waals surface area contributed by atoms with Crippen molar-refractivity contribution < 1.29 is 0 Å². The van der Waals surface area contributed by atoms with Gasteiger partial charge in [0.1, 0.15) is 0 Å². The molecule has 0 N–H and O–H groups in total. The van der Waals surface area contributed by atoms with Crippen LogP contribution < -0.4 is 0 Å². The average molecular weight is 157 g/mol. The third-order valence-corrected chi connectivity index (χ3v) is 1.87. The van der Waals surface area contributed by atoms with Crippen LogP contribution in [-0.2, 0) is 0 Å². The summed E-state index contributed by atoms with van der Waals surface area (Å²) in [6.07, 6.45) is 2.00. The van der Waals surface area contributed by atoms with Crippen LogP contribution in [0, 0.1) is 18.4 Å². The second kappa shape index (κ2) is 2.35. The lowest BCUT2D eigenvalue weighted by Gasteiger charge is -1.87. The highest BCUT2D eigenvalue weighted by atomic mass is 15.3. The summed E-state index contributed by atoms with van der Waals surface area (Å²) in [6.45, 7) is 1.90. The molecule has 0 aliphatic carbocycles. The number of aromatic nitrogens is 2. The zero-order valence-corrected chi connectivity index (χ0v) is 6.65. The molecule has 0 aliphatic heterocycles. The number of hydrogen-bond donors (Lipinski definition) is 0. The monoisotopic (exact) mass is 157 g/mol. The number of hydrogen-bond acceptors (Lipinski definition) is 2. The summed E-state index contributed by atoms with van der Waals surface area (Å²) in [6, 6.07) is 7.69. The van der Waals surface area contributed by atoms with Crippen LogP contribution in [0.5, 0.6) is 0 Å². The van der Waals surface area contributed by atoms with E-state index in [2.05, 4.69) is 5.10 Å². The van der Waals surface area contributed by atoms with Crippen LogP contribution in [-0.4, -0.2) is 9.78 Å². The lowest BCUT2D eigenvalue weighted by molar-refractivity contribution is 0.905. The van der Waals surface area contributed by atoms with Crippen molar-refractivity contribution in [1.82, 2.24) is 9.78 Å². The van der Waals surface area contributed by atoms with Crippen LogP contribution in [0.25, 0.3) is 10.9 Å². The van der Waals surface area contributed by atoms with E-state index in [4.69, 9.17) is 5.26 Å². The molecular weight excluding hydrogens is 150 g/mol. The number of aryl methyl sites for hydroxylation is 1. The van der Waals surface area contributed by atoms with E-state index in [0.717, 1.165) is 16.6 Å². The Morgan fingerprint density at radius 1 is 1.42 bits per heavy atom. The van der Waals surface area contributed by atoms with Gasteiger partial charge in [0.25, 0.3) is 0 Å². The molecule has 2 rings (SSSR count). The zero-order valence-electron chi connectivity index (χ0n) is 6.65. The molecule has 2 aromatic rings. The topological polar surface area (TPSA) is 41.6 Å². The van der Waals surface area contributed by atoms with E-state index >= 15 is 0 Å². The van der Waals surface area contributed by atoms with Gasteiger partial charge < -0.3 is 0 Å². The van der Waals surface area contributed by atoms with E-state index in [1.165, 1.54) is 4.68 Å². The van der Waals surface area contributed by atoms with Gasteiger partial charge in [-0.2, -0.15) is 15.0 Å². The van der Waals surface area contributed by atoms with Crippen molar-refractivity contribution in [3.8, 4) is 6.19 Å². The summed E-state index contributed by atoms with van der Waals surface area (Å²) in [5.74, 6) is 0. The van der Waals surface area contributed by atoms with Gasteiger partial charge in [0.05, 0.1) is 11.2 Å². The standard InChI is InChI=1S/C9H7N3/c1-7-8-4-2-3-5-9(8)12(6-10)11-7/h2-5H,1H3. The Morgan fingerprint density at radius 3 is 2.92 bits per heavy atom. The molecule has 0 unspecified atom stereocenters. The van der Waals surface area contributed by atoms with Crippen LogP contribution in [0.4, 0.5) is 0 Å². The summed E-state index contributed by atoms with van der Waals surface area (Å²) in [5.41, 5.74) is 1.77. The third-order valence-electron chi connectivity index (χ3n) is 1.87. The highest BCUT2D eigenvalue weighted by Gasteiger charge is 2.03. The maximum Gasteiger partial charge on any atom is 0.206 e. The van der Waals surface area contributed by atoms with Crippen molar-refractivity contribution in [2.45, 2.75) is 6.92 Å². The molecule has 0 radical (unpaired) electrons. The number of nitriles is 1. The number of para-hydroxylation sites is 1. The largest absolute Gasteiger partial charge is 0.206 e. The quantitative estimate of drug-likeness (QED) is 0.583. The summed E-state index contributed by atoms with van der Waals surface area (Å²) in [4.78, 5) is 0. The van der Waals surface area contributed by atoms with Gasteiger partial charge in [0, 0.05) is 5.39 Å². The molecule has 0 aliphatic rings. The van der Waals surface area contributed by atoms with Crippen molar-refractivity contribution in [3.05, 3.63) is 30.0 Å². The third kappa shape index (κ3) is 0.785. The molecule has 0 saturated carbocycles. The Hall–Kier alpha value is -1.82. The Kier molecular flexibility index (Phi) is 1.34. The minimum Gasteiger partial charge on any atom is -0.170 e. The van der Waals surface area contributed by atoms with Crippen molar-refractivity contribution >= 4 is 10.9 Å². The highest BCUT2D eigenvalue weighted by molar-refractivity contribution is 5.82. The van der Waals surface area contributed by atoms with Gasteiger partial charge in [0.2, 0.25) is 6.19 Å². The summed E-state index contributed by atoms with van der Waals surface area (Å²) >= 11 is 0. The lowest BCUT2D eigenvalue weighted by atomic mass is 10.2. The maximum absolute atomic E-state index is 8.70. The average Bonchev–Trinajstić information content (AvgIpc) is 2.44. The fourth-order valence-corrected chi connectivity index (χ4v) is 1.30. The van der Waals surface area contributed by atoms with E-state index in [0.29, 0.717) is 0 Å². The van der Waals surface area contributed by atoms with E-state index in [9.17, 15) is 0 Å². The van der Waals surface area contributed by atoms with E-state index in [1.807, 2.05) is 37.4 Å². The second-order valence-electron chi connectivity index (χ2n) is 2.61. The fraction of sp³-hybridized carbons (Fsp3) is 0.111. The minimum absolute atomic E-state index is 0.873. The summed E-state index contributed by atoms with van der Waals surface area (Å²) in [5, 5.41) is 13.8. The first-order chi connectivity index (χ1) is 5.83. The second-order valence-corrected chi connectivity index (χ2v) is 2.61. The molecule has 0 fully saturated rings.